The van der Waals surface area contributed by atoms with Crippen molar-refractivity contribution in [3.8, 4) is 6.07 Å². The summed E-state index contributed by atoms with van der Waals surface area (Å²) < 4.78 is 7.14. The predicted octanol–water partition coefficient (Wildman–Crippen LogP) is 1.29. The molecule has 0 bridgehead atoms. The molecule has 1 aromatic rings. The lowest BCUT2D eigenvalue weighted by molar-refractivity contribution is 0.0314. The maximum atomic E-state index is 12.5. The summed E-state index contributed by atoms with van der Waals surface area (Å²) in [4.78, 5) is 16.8. The molecule has 8 heteroatoms. The molecule has 0 radical (unpaired) electrons. The van der Waals surface area contributed by atoms with Crippen molar-refractivity contribution >= 4 is 11.8 Å². The Balaban J connectivity index is 1.48. The van der Waals surface area contributed by atoms with Gasteiger partial charge in [0.2, 0.25) is 0 Å². The smallest absolute Gasteiger partial charge is 0.323 e. The van der Waals surface area contributed by atoms with Crippen LogP contribution < -0.4 is 5.32 Å². The Morgan fingerprint density at radius 2 is 2.24 bits per heavy atom. The molecule has 1 N–H and O–H groups in total. The summed E-state index contributed by atoms with van der Waals surface area (Å²) in [7, 11) is 0. The number of aryl methyl sites for hydroxylation is 2. The van der Waals surface area contributed by atoms with Crippen molar-refractivity contribution in [1.82, 2.24) is 19.6 Å². The number of rotatable bonds is 5. The highest BCUT2D eigenvalue weighted by atomic mass is 16.5. The SMILES string of the molecule is Cc1cc(NC(=O)N2CCC(CN3CCOCC3)C2)nn1CCC#N. The minimum Gasteiger partial charge on any atom is -0.379 e. The van der Waals surface area contributed by atoms with Crippen LogP contribution in [0.1, 0.15) is 18.5 Å². The summed E-state index contributed by atoms with van der Waals surface area (Å²) >= 11 is 0. The van der Waals surface area contributed by atoms with Crippen LogP contribution in [0.2, 0.25) is 0 Å². The zero-order valence-corrected chi connectivity index (χ0v) is 14.8. The van der Waals surface area contributed by atoms with Crippen LogP contribution in [0.3, 0.4) is 0 Å². The monoisotopic (exact) mass is 346 g/mol. The maximum absolute atomic E-state index is 12.5. The van der Waals surface area contributed by atoms with Crippen molar-refractivity contribution < 1.29 is 9.53 Å². The van der Waals surface area contributed by atoms with Crippen molar-refractivity contribution in [2.75, 3.05) is 51.3 Å². The molecular formula is C17H26N6O2. The van der Waals surface area contributed by atoms with Crippen molar-refractivity contribution in [2.24, 2.45) is 5.92 Å². The number of anilines is 1. The van der Waals surface area contributed by atoms with Crippen LogP contribution in [0.4, 0.5) is 10.6 Å². The maximum Gasteiger partial charge on any atom is 0.323 e. The number of amides is 2. The van der Waals surface area contributed by atoms with Gasteiger partial charge in [0.25, 0.3) is 0 Å². The molecule has 1 unspecified atom stereocenters. The number of nitrogens with zero attached hydrogens (tertiary/aromatic N) is 5. The molecule has 0 aliphatic carbocycles. The van der Waals surface area contributed by atoms with Crippen LogP contribution in [0.15, 0.2) is 6.07 Å². The van der Waals surface area contributed by atoms with E-state index >= 15 is 0 Å². The Hall–Kier alpha value is -2.11. The van der Waals surface area contributed by atoms with Crippen LogP contribution in [-0.4, -0.2) is 71.5 Å². The minimum absolute atomic E-state index is 0.0885. The summed E-state index contributed by atoms with van der Waals surface area (Å²) in [5.41, 5.74) is 0.942. The fourth-order valence-electron chi connectivity index (χ4n) is 3.46. The fraction of sp³-hybridized carbons (Fsp3) is 0.706. The number of carbonyl (C=O) groups excluding carboxylic acids is 1. The average molecular weight is 346 g/mol. The first-order chi connectivity index (χ1) is 12.2. The second-order valence-electron chi connectivity index (χ2n) is 6.75. The summed E-state index contributed by atoms with van der Waals surface area (Å²) in [6.07, 6.45) is 1.45. The molecule has 136 valence electrons. The Morgan fingerprint density at radius 1 is 1.44 bits per heavy atom. The fourth-order valence-corrected chi connectivity index (χ4v) is 3.46. The predicted molar refractivity (Wildman–Crippen MR) is 93.2 cm³/mol. The Kier molecular flexibility index (Phi) is 5.89. The second kappa shape index (κ2) is 8.32. The zero-order chi connectivity index (χ0) is 17.6. The number of likely N-dealkylation sites (tertiary alicyclic amines) is 1. The molecule has 0 saturated carbocycles. The third kappa shape index (κ3) is 4.71. The number of morpholine rings is 1. The van der Waals surface area contributed by atoms with E-state index in [0.717, 1.165) is 58.1 Å². The van der Waals surface area contributed by atoms with Crippen molar-refractivity contribution in [3.05, 3.63) is 11.8 Å². The highest BCUT2D eigenvalue weighted by Crippen LogP contribution is 2.19. The van der Waals surface area contributed by atoms with Gasteiger partial charge in [-0.3, -0.25) is 14.9 Å². The molecule has 2 aliphatic rings. The molecule has 8 nitrogen and oxygen atoms in total. The number of nitrogens with one attached hydrogen (secondary N) is 1. The number of hydrogen-bond donors (Lipinski definition) is 1. The van der Waals surface area contributed by atoms with Gasteiger partial charge in [-0.2, -0.15) is 10.4 Å². The second-order valence-corrected chi connectivity index (χ2v) is 6.75. The number of nitriles is 1. The molecular weight excluding hydrogens is 320 g/mol. The van der Waals surface area contributed by atoms with E-state index in [1.54, 1.807) is 4.68 Å². The first-order valence-electron chi connectivity index (χ1n) is 8.93. The van der Waals surface area contributed by atoms with Gasteiger partial charge in [-0.1, -0.05) is 0 Å². The van der Waals surface area contributed by atoms with E-state index < -0.39 is 0 Å². The normalized spacial score (nSPS) is 21.3. The highest BCUT2D eigenvalue weighted by Gasteiger charge is 2.28. The number of hydrogen-bond acceptors (Lipinski definition) is 5. The van der Waals surface area contributed by atoms with Gasteiger partial charge in [0.05, 0.1) is 32.2 Å². The molecule has 1 aromatic heterocycles. The van der Waals surface area contributed by atoms with Gasteiger partial charge in [0.1, 0.15) is 0 Å². The van der Waals surface area contributed by atoms with Crippen LogP contribution >= 0.6 is 0 Å². The summed E-state index contributed by atoms with van der Waals surface area (Å²) in [5.74, 6) is 1.08. The summed E-state index contributed by atoms with van der Waals surface area (Å²) in [5, 5.41) is 15.9. The Morgan fingerprint density at radius 3 is 3.00 bits per heavy atom. The third-order valence-corrected chi connectivity index (χ3v) is 4.84. The molecule has 2 aliphatic heterocycles. The molecule has 0 aromatic carbocycles. The number of aromatic nitrogens is 2. The lowest BCUT2D eigenvalue weighted by Gasteiger charge is -2.29. The van der Waals surface area contributed by atoms with E-state index in [1.165, 1.54) is 0 Å². The summed E-state index contributed by atoms with van der Waals surface area (Å²) in [6.45, 7) is 8.68. The van der Waals surface area contributed by atoms with E-state index in [0.29, 0.717) is 24.7 Å². The van der Waals surface area contributed by atoms with E-state index in [2.05, 4.69) is 21.4 Å². The highest BCUT2D eigenvalue weighted by molar-refractivity contribution is 5.88. The quantitative estimate of drug-likeness (QED) is 0.868. The Bertz CT molecular complexity index is 632. The number of carbonyl (C=O) groups is 1. The van der Waals surface area contributed by atoms with Crippen LogP contribution in [-0.2, 0) is 11.3 Å². The van der Waals surface area contributed by atoms with E-state index in [9.17, 15) is 4.79 Å². The Labute approximate surface area is 148 Å². The largest absolute Gasteiger partial charge is 0.379 e. The van der Waals surface area contributed by atoms with Gasteiger partial charge in [-0.05, 0) is 19.3 Å². The molecule has 3 heterocycles. The van der Waals surface area contributed by atoms with E-state index in [-0.39, 0.29) is 6.03 Å². The van der Waals surface area contributed by atoms with Crippen molar-refractivity contribution in [1.29, 1.82) is 5.26 Å². The topological polar surface area (TPSA) is 86.4 Å². The molecule has 3 rings (SSSR count). The first-order valence-corrected chi connectivity index (χ1v) is 8.93. The number of urea groups is 1. The van der Waals surface area contributed by atoms with Crippen LogP contribution in [0.5, 0.6) is 0 Å². The zero-order valence-electron chi connectivity index (χ0n) is 14.8. The molecule has 2 amide bonds. The molecule has 0 spiro atoms. The minimum atomic E-state index is -0.0885. The van der Waals surface area contributed by atoms with Gasteiger partial charge >= 0.3 is 6.03 Å². The lowest BCUT2D eigenvalue weighted by Crippen LogP contribution is -2.40. The molecule has 1 atom stereocenters. The van der Waals surface area contributed by atoms with Gasteiger partial charge in [0, 0.05) is 44.5 Å². The summed E-state index contributed by atoms with van der Waals surface area (Å²) in [6, 6.07) is 3.86. The van der Waals surface area contributed by atoms with Crippen molar-refractivity contribution in [3.63, 3.8) is 0 Å². The van der Waals surface area contributed by atoms with Gasteiger partial charge in [0.15, 0.2) is 5.82 Å². The average Bonchev–Trinajstić information content (AvgIpc) is 3.20. The number of ether oxygens (including phenoxy) is 1. The molecule has 25 heavy (non-hydrogen) atoms. The first kappa shape index (κ1) is 17.7. The van der Waals surface area contributed by atoms with Crippen molar-refractivity contribution in [2.45, 2.75) is 26.3 Å². The standard InChI is InChI=1S/C17H26N6O2/c1-14-11-16(20-23(14)5-2-4-18)19-17(24)22-6-3-15(13-22)12-21-7-9-25-10-8-21/h11,15H,2-3,5-10,12-13H2,1H3,(H,19,20,24). The molecule has 2 fully saturated rings. The van der Waals surface area contributed by atoms with Gasteiger partial charge in [-0.25, -0.2) is 4.79 Å². The van der Waals surface area contributed by atoms with E-state index in [1.807, 2.05) is 17.9 Å². The van der Waals surface area contributed by atoms with Gasteiger partial charge < -0.3 is 9.64 Å². The van der Waals surface area contributed by atoms with E-state index in [4.69, 9.17) is 10.00 Å². The third-order valence-electron chi connectivity index (χ3n) is 4.84. The van der Waals surface area contributed by atoms with Crippen LogP contribution in [0.25, 0.3) is 0 Å². The molecule has 2 saturated heterocycles. The lowest BCUT2D eigenvalue weighted by atomic mass is 10.1. The van der Waals surface area contributed by atoms with Crippen LogP contribution in [0, 0.1) is 24.2 Å². The van der Waals surface area contributed by atoms with Gasteiger partial charge in [-0.15, -0.1) is 0 Å².